The van der Waals surface area contributed by atoms with Gasteiger partial charge in [0.2, 0.25) is 5.71 Å². The smallest absolute Gasteiger partial charge is 0.335 e. The average Bonchev–Trinajstić information content (AvgIpc) is 2.88. The summed E-state index contributed by atoms with van der Waals surface area (Å²) >= 11 is 0. The minimum absolute atomic E-state index is 0.146. The Morgan fingerprint density at radius 3 is 2.55 bits per heavy atom. The van der Waals surface area contributed by atoms with Gasteiger partial charge in [0.15, 0.2) is 5.82 Å². The number of fused-ring (bicyclic) bond motifs is 1. The van der Waals surface area contributed by atoms with Crippen molar-refractivity contribution in [3.63, 3.8) is 0 Å². The number of nitrogens with zero attached hydrogens (tertiary/aromatic N) is 3. The molecule has 0 aliphatic rings. The first-order valence-electron chi connectivity index (χ1n) is 6.29. The van der Waals surface area contributed by atoms with Crippen LogP contribution < -0.4 is 11.2 Å². The van der Waals surface area contributed by atoms with Crippen LogP contribution >= 0.6 is 0 Å². The molecule has 0 atom stereocenters. The molecule has 0 spiro atoms. The van der Waals surface area contributed by atoms with Gasteiger partial charge in [-0.15, -0.1) is 0 Å². The highest BCUT2D eigenvalue weighted by atomic mass is 16.5. The zero-order valence-corrected chi connectivity index (χ0v) is 11.2. The molecule has 2 aromatic heterocycles. The topological polar surface area (TPSA) is 69.5 Å². The quantitative estimate of drug-likeness (QED) is 0.702. The van der Waals surface area contributed by atoms with Crippen molar-refractivity contribution < 1.29 is 4.52 Å². The highest BCUT2D eigenvalue weighted by Crippen LogP contribution is 2.18. The summed E-state index contributed by atoms with van der Waals surface area (Å²) in [7, 11) is 1.42. The fraction of sp³-hybridized carbons (Fsp3) is 0.214. The van der Waals surface area contributed by atoms with Gasteiger partial charge < -0.3 is 4.52 Å². The molecule has 0 aliphatic heterocycles. The Balaban J connectivity index is 2.29. The molecule has 6 heteroatoms. The third-order valence-electron chi connectivity index (χ3n) is 3.33. The Morgan fingerprint density at radius 2 is 1.90 bits per heavy atom. The molecule has 0 N–H and O–H groups in total. The lowest BCUT2D eigenvalue weighted by atomic mass is 10.1. The van der Waals surface area contributed by atoms with E-state index in [2.05, 4.69) is 12.1 Å². The van der Waals surface area contributed by atoms with E-state index < -0.39 is 11.2 Å². The third kappa shape index (κ3) is 1.77. The molecule has 0 aliphatic carbocycles. The van der Waals surface area contributed by atoms with Crippen molar-refractivity contribution in [1.29, 1.82) is 0 Å². The zero-order valence-electron chi connectivity index (χ0n) is 11.2. The van der Waals surface area contributed by atoms with E-state index in [1.807, 2.05) is 24.3 Å². The minimum Gasteiger partial charge on any atom is -0.335 e. The van der Waals surface area contributed by atoms with Crippen molar-refractivity contribution >= 4 is 5.71 Å². The van der Waals surface area contributed by atoms with Crippen LogP contribution in [0, 0.1) is 0 Å². The highest BCUT2D eigenvalue weighted by molar-refractivity contribution is 5.58. The Morgan fingerprint density at radius 1 is 1.20 bits per heavy atom. The van der Waals surface area contributed by atoms with Crippen molar-refractivity contribution in [1.82, 2.24) is 14.1 Å². The van der Waals surface area contributed by atoms with E-state index in [0.29, 0.717) is 5.82 Å². The van der Waals surface area contributed by atoms with Gasteiger partial charge in [-0.25, -0.2) is 9.20 Å². The van der Waals surface area contributed by atoms with Gasteiger partial charge in [0, 0.05) is 12.6 Å². The Bertz CT molecular complexity index is 885. The van der Waals surface area contributed by atoms with Gasteiger partial charge in [0.05, 0.1) is 6.07 Å². The first-order valence-corrected chi connectivity index (χ1v) is 6.29. The third-order valence-corrected chi connectivity index (χ3v) is 3.33. The lowest BCUT2D eigenvalue weighted by molar-refractivity contribution is 0.455. The molecular weight excluding hydrogens is 258 g/mol. The minimum atomic E-state index is -0.469. The number of hydrogen-bond donors (Lipinski definition) is 0. The van der Waals surface area contributed by atoms with Crippen molar-refractivity contribution in [2.45, 2.75) is 13.3 Å². The van der Waals surface area contributed by atoms with Gasteiger partial charge in [-0.1, -0.05) is 36.3 Å². The predicted octanol–water partition coefficient (Wildman–Crippen LogP) is 1.22. The number of rotatable bonds is 2. The van der Waals surface area contributed by atoms with E-state index in [9.17, 15) is 9.59 Å². The first kappa shape index (κ1) is 12.4. The normalized spacial score (nSPS) is 11.1. The SMILES string of the molecule is CCc1ccc(-c2noc3cc(=O)n(C)c(=O)n23)cc1. The van der Waals surface area contributed by atoms with E-state index in [-0.39, 0.29) is 5.71 Å². The summed E-state index contributed by atoms with van der Waals surface area (Å²) in [6.45, 7) is 2.07. The first-order chi connectivity index (χ1) is 9.61. The molecule has 0 amide bonds. The van der Waals surface area contributed by atoms with Crippen molar-refractivity contribution in [2.24, 2.45) is 7.05 Å². The van der Waals surface area contributed by atoms with Crippen LogP contribution in [0.1, 0.15) is 12.5 Å². The molecule has 1 aromatic carbocycles. The maximum atomic E-state index is 12.2. The maximum Gasteiger partial charge on any atom is 0.339 e. The molecule has 0 bridgehead atoms. The number of hydrogen-bond acceptors (Lipinski definition) is 4. The van der Waals surface area contributed by atoms with E-state index in [0.717, 1.165) is 16.6 Å². The zero-order chi connectivity index (χ0) is 14.3. The molecule has 102 valence electrons. The summed E-state index contributed by atoms with van der Waals surface area (Å²) in [5.41, 5.74) is 1.22. The van der Waals surface area contributed by atoms with Crippen molar-refractivity contribution in [2.75, 3.05) is 0 Å². The average molecular weight is 271 g/mol. The van der Waals surface area contributed by atoms with E-state index in [4.69, 9.17) is 4.52 Å². The van der Waals surface area contributed by atoms with Crippen molar-refractivity contribution in [3.05, 3.63) is 56.7 Å². The van der Waals surface area contributed by atoms with E-state index in [1.165, 1.54) is 23.1 Å². The largest absolute Gasteiger partial charge is 0.339 e. The van der Waals surface area contributed by atoms with Gasteiger partial charge in [-0.2, -0.15) is 0 Å². The second kappa shape index (κ2) is 4.48. The molecule has 3 aromatic rings. The van der Waals surface area contributed by atoms with E-state index >= 15 is 0 Å². The molecule has 2 heterocycles. The standard InChI is InChI=1S/C14H13N3O3/c1-3-9-4-6-10(7-5-9)13-15-20-12-8-11(18)16(2)14(19)17(12)13/h4-8H,3H2,1-2H3. The van der Waals surface area contributed by atoms with Crippen LogP contribution in [0.3, 0.4) is 0 Å². The molecule has 6 nitrogen and oxygen atoms in total. The number of aromatic nitrogens is 3. The van der Waals surface area contributed by atoms with Crippen LogP contribution in [0.5, 0.6) is 0 Å². The lowest BCUT2D eigenvalue weighted by Crippen LogP contribution is -2.34. The maximum absolute atomic E-state index is 12.2. The molecule has 0 fully saturated rings. The Kier molecular flexibility index (Phi) is 2.78. The summed E-state index contributed by atoms with van der Waals surface area (Å²) < 4.78 is 7.39. The van der Waals surface area contributed by atoms with Crippen molar-refractivity contribution in [3.8, 4) is 11.4 Å². The fourth-order valence-corrected chi connectivity index (χ4v) is 2.07. The molecule has 20 heavy (non-hydrogen) atoms. The monoisotopic (exact) mass is 271 g/mol. The summed E-state index contributed by atoms with van der Waals surface area (Å²) in [4.78, 5) is 23.7. The summed E-state index contributed by atoms with van der Waals surface area (Å²) in [5.74, 6) is 0.392. The lowest BCUT2D eigenvalue weighted by Gasteiger charge is -2.01. The van der Waals surface area contributed by atoms with Crippen LogP contribution in [0.25, 0.3) is 17.1 Å². The second-order valence-corrected chi connectivity index (χ2v) is 4.55. The van der Waals surface area contributed by atoms with Gasteiger partial charge in [0.1, 0.15) is 0 Å². The molecule has 0 unspecified atom stereocenters. The molecule has 3 rings (SSSR count). The van der Waals surface area contributed by atoms with E-state index in [1.54, 1.807) is 0 Å². The number of aryl methyl sites for hydroxylation is 1. The summed E-state index contributed by atoms with van der Waals surface area (Å²) in [5, 5.41) is 3.90. The van der Waals surface area contributed by atoms with Crippen LogP contribution in [-0.4, -0.2) is 14.1 Å². The number of benzene rings is 1. The van der Waals surface area contributed by atoms with Crippen LogP contribution in [-0.2, 0) is 13.5 Å². The molecule has 0 radical (unpaired) electrons. The predicted molar refractivity (Wildman–Crippen MR) is 73.8 cm³/mol. The summed E-state index contributed by atoms with van der Waals surface area (Å²) in [6, 6.07) is 8.96. The highest BCUT2D eigenvalue weighted by Gasteiger charge is 2.14. The fourth-order valence-electron chi connectivity index (χ4n) is 2.07. The van der Waals surface area contributed by atoms with Gasteiger partial charge in [-0.05, 0) is 12.0 Å². The molecular formula is C14H13N3O3. The molecule has 0 saturated heterocycles. The molecule has 0 saturated carbocycles. The second-order valence-electron chi connectivity index (χ2n) is 4.55. The van der Waals surface area contributed by atoms with Crippen LogP contribution in [0.4, 0.5) is 0 Å². The Labute approximate surface area is 113 Å². The van der Waals surface area contributed by atoms with Gasteiger partial charge >= 0.3 is 5.69 Å². The van der Waals surface area contributed by atoms with Crippen LogP contribution in [0.2, 0.25) is 0 Å². The van der Waals surface area contributed by atoms with Gasteiger partial charge in [0.25, 0.3) is 5.56 Å². The van der Waals surface area contributed by atoms with Gasteiger partial charge in [-0.3, -0.25) is 9.36 Å². The van der Waals surface area contributed by atoms with Crippen LogP contribution in [0.15, 0.2) is 44.4 Å². The Hall–Kier alpha value is -2.63. The summed E-state index contributed by atoms with van der Waals surface area (Å²) in [6.07, 6.45) is 0.939.